The van der Waals surface area contributed by atoms with Gasteiger partial charge in [0.25, 0.3) is 5.91 Å². The number of aromatic nitrogens is 5. The van der Waals surface area contributed by atoms with Gasteiger partial charge in [-0.3, -0.25) is 9.69 Å². The van der Waals surface area contributed by atoms with Gasteiger partial charge in [0.2, 0.25) is 0 Å². The second-order valence-corrected chi connectivity index (χ2v) is 11.8. The number of anilines is 3. The van der Waals surface area contributed by atoms with Crippen LogP contribution in [0.5, 0.6) is 23.0 Å². The fraction of sp³-hybridized carbons (Fsp3) is 0.324. The van der Waals surface area contributed by atoms with Crippen LogP contribution in [0.4, 0.5) is 21.6 Å². The zero-order valence-corrected chi connectivity index (χ0v) is 26.8. The summed E-state index contributed by atoms with van der Waals surface area (Å²) in [7, 11) is 3.49. The van der Waals surface area contributed by atoms with Gasteiger partial charge in [-0.15, -0.1) is 0 Å². The highest BCUT2D eigenvalue weighted by atomic mass is 19.1. The van der Waals surface area contributed by atoms with E-state index >= 15 is 4.39 Å². The summed E-state index contributed by atoms with van der Waals surface area (Å²) in [6.07, 6.45) is 8.29. The van der Waals surface area contributed by atoms with Crippen LogP contribution in [0.2, 0.25) is 0 Å². The first-order chi connectivity index (χ1) is 23.3. The van der Waals surface area contributed by atoms with E-state index in [0.29, 0.717) is 70.7 Å². The van der Waals surface area contributed by atoms with Crippen LogP contribution in [0.15, 0.2) is 67.2 Å². The number of methoxy groups -OCH3 is 1. The minimum absolute atomic E-state index is 0.129. The van der Waals surface area contributed by atoms with Crippen LogP contribution in [0.3, 0.4) is 0 Å². The lowest BCUT2D eigenvalue weighted by Gasteiger charge is -2.19. The molecule has 0 spiro atoms. The molecule has 0 bridgehead atoms. The molecule has 248 valence electrons. The van der Waals surface area contributed by atoms with E-state index in [0.717, 1.165) is 24.9 Å². The maximum atomic E-state index is 15.2. The Hall–Kier alpha value is -5.34. The van der Waals surface area contributed by atoms with E-state index < -0.39 is 11.7 Å². The van der Waals surface area contributed by atoms with Crippen molar-refractivity contribution >= 4 is 39.6 Å². The molecule has 13 nitrogen and oxygen atoms in total. The predicted octanol–water partition coefficient (Wildman–Crippen LogP) is 5.58. The predicted molar refractivity (Wildman–Crippen MR) is 177 cm³/mol. The second-order valence-electron chi connectivity index (χ2n) is 11.8. The first kappa shape index (κ1) is 31.3. The highest BCUT2D eigenvalue weighted by Crippen LogP contribution is 2.39. The van der Waals surface area contributed by atoms with Crippen LogP contribution in [0.1, 0.15) is 24.8 Å². The molecule has 2 aliphatic heterocycles. The van der Waals surface area contributed by atoms with Gasteiger partial charge in [0.05, 0.1) is 37.2 Å². The van der Waals surface area contributed by atoms with Gasteiger partial charge in [-0.05, 0) is 63.2 Å². The van der Waals surface area contributed by atoms with Crippen molar-refractivity contribution in [1.29, 1.82) is 0 Å². The molecule has 2 fully saturated rings. The summed E-state index contributed by atoms with van der Waals surface area (Å²) >= 11 is 0. The molecule has 3 aromatic heterocycles. The van der Waals surface area contributed by atoms with E-state index in [1.54, 1.807) is 48.2 Å². The van der Waals surface area contributed by atoms with Crippen molar-refractivity contribution in [2.75, 3.05) is 44.5 Å². The molecule has 2 atom stereocenters. The van der Waals surface area contributed by atoms with Crippen molar-refractivity contribution in [2.24, 2.45) is 0 Å². The summed E-state index contributed by atoms with van der Waals surface area (Å²) in [4.78, 5) is 28.3. The van der Waals surface area contributed by atoms with E-state index in [9.17, 15) is 4.79 Å². The number of aryl methyl sites for hydroxylation is 1. The third-order valence-corrected chi connectivity index (χ3v) is 8.53. The summed E-state index contributed by atoms with van der Waals surface area (Å²) in [6, 6.07) is 10.5. The van der Waals surface area contributed by atoms with E-state index in [1.165, 1.54) is 18.7 Å². The van der Waals surface area contributed by atoms with Gasteiger partial charge in [0, 0.05) is 42.2 Å². The number of ether oxygens (including phenoxy) is 4. The minimum atomic E-state index is -0.857. The van der Waals surface area contributed by atoms with Gasteiger partial charge < -0.3 is 29.6 Å². The fourth-order valence-electron chi connectivity index (χ4n) is 5.90. The lowest BCUT2D eigenvalue weighted by molar-refractivity contribution is -0.114. The van der Waals surface area contributed by atoms with Crippen LogP contribution in [0.25, 0.3) is 16.6 Å². The maximum absolute atomic E-state index is 15.2. The highest BCUT2D eigenvalue weighted by Gasteiger charge is 2.24. The molecule has 7 rings (SSSR count). The fourth-order valence-corrected chi connectivity index (χ4v) is 5.90. The van der Waals surface area contributed by atoms with Gasteiger partial charge >= 0.3 is 0 Å². The average molecular weight is 655 g/mol. The minimum Gasteiger partial charge on any atom is -0.494 e. The van der Waals surface area contributed by atoms with E-state index in [-0.39, 0.29) is 17.8 Å². The van der Waals surface area contributed by atoms with Crippen LogP contribution in [-0.4, -0.2) is 81.4 Å². The summed E-state index contributed by atoms with van der Waals surface area (Å²) in [5, 5.41) is 10.8. The maximum Gasteiger partial charge on any atom is 0.284 e. The lowest BCUT2D eigenvalue weighted by atomic mass is 10.1. The molecule has 5 aromatic rings. The number of hydrogen-bond donors (Lipinski definition) is 2. The van der Waals surface area contributed by atoms with E-state index in [1.807, 2.05) is 24.9 Å². The summed E-state index contributed by atoms with van der Waals surface area (Å²) in [6.45, 7) is 3.77. The van der Waals surface area contributed by atoms with Crippen molar-refractivity contribution in [3.63, 3.8) is 0 Å². The van der Waals surface area contributed by atoms with Crippen molar-refractivity contribution in [1.82, 2.24) is 29.5 Å². The number of likely N-dealkylation sites (tertiary alicyclic amines) is 1. The summed E-state index contributed by atoms with van der Waals surface area (Å²) in [5.74, 6) is 0.793. The molecular formula is C34H35FN8O5. The average Bonchev–Trinajstić information content (AvgIpc) is 3.86. The van der Waals surface area contributed by atoms with Gasteiger partial charge in [0.1, 0.15) is 47.6 Å². The molecule has 2 N–H and O–H groups in total. The van der Waals surface area contributed by atoms with Crippen LogP contribution in [-0.2, 0) is 9.53 Å². The Bertz CT molecular complexity index is 2010. The third kappa shape index (κ3) is 6.57. The van der Waals surface area contributed by atoms with Crippen LogP contribution in [0, 0.1) is 6.92 Å². The molecule has 14 heteroatoms. The smallest absolute Gasteiger partial charge is 0.284 e. The number of rotatable bonds is 10. The first-order valence-corrected chi connectivity index (χ1v) is 15.7. The number of amides is 1. The largest absolute Gasteiger partial charge is 0.494 e. The molecule has 1 amide bonds. The number of fused-ring (bicyclic) bond motifs is 2. The molecule has 48 heavy (non-hydrogen) atoms. The van der Waals surface area contributed by atoms with Crippen molar-refractivity contribution in [3.8, 4) is 23.0 Å². The number of likely N-dealkylation sites (N-methyl/N-ethyl adjacent to an activating group) is 1. The van der Waals surface area contributed by atoms with Gasteiger partial charge in [-0.25, -0.2) is 23.9 Å². The summed E-state index contributed by atoms with van der Waals surface area (Å²) < 4.78 is 40.4. The molecular weight excluding hydrogens is 619 g/mol. The number of carbonyl (C=O) groups is 1. The quantitative estimate of drug-likeness (QED) is 0.183. The Kier molecular flexibility index (Phi) is 8.74. The Morgan fingerprint density at radius 2 is 1.96 bits per heavy atom. The van der Waals surface area contributed by atoms with Gasteiger partial charge in [0.15, 0.2) is 11.5 Å². The number of halogens is 1. The van der Waals surface area contributed by atoms with E-state index in [4.69, 9.17) is 18.9 Å². The Balaban J connectivity index is 1.19. The monoisotopic (exact) mass is 654 g/mol. The van der Waals surface area contributed by atoms with Crippen molar-refractivity contribution in [3.05, 3.63) is 72.7 Å². The van der Waals surface area contributed by atoms with Gasteiger partial charge in [-0.2, -0.15) is 5.10 Å². The number of carbonyl (C=O) groups excluding carboxylic acids is 1. The molecule has 2 aromatic carbocycles. The number of nitrogens with zero attached hydrogens (tertiary/aromatic N) is 6. The number of nitrogens with one attached hydrogen (secondary N) is 2. The molecule has 0 aliphatic carbocycles. The Morgan fingerprint density at radius 3 is 2.75 bits per heavy atom. The second kappa shape index (κ2) is 13.4. The Morgan fingerprint density at radius 1 is 1.06 bits per heavy atom. The van der Waals surface area contributed by atoms with Crippen molar-refractivity contribution in [2.45, 2.75) is 38.3 Å². The molecule has 2 unspecified atom stereocenters. The van der Waals surface area contributed by atoms with Crippen LogP contribution < -0.4 is 24.8 Å². The SMILES string of the molecule is COc1cc(Oc2ccn3ncnc3c2)c(C)cc1Nc1ncnc2cc(OC3CCOC3)c(NC(=O)/C(F)=C\C3CCCN3C)cc12. The first-order valence-electron chi connectivity index (χ1n) is 15.7. The normalized spacial score (nSPS) is 18.4. The number of hydrogen-bond acceptors (Lipinski definition) is 11. The lowest BCUT2D eigenvalue weighted by Crippen LogP contribution is -2.24. The standard InChI is InChI=1S/C34H35FN8O5/c1-20-11-27(30(45-3)16-29(20)47-22-6-9-43-32(13-22)37-19-39-43)40-33-24-14-28(41-34(44)25(35)12-21-5-4-8-42(21)2)31(15-26(24)36-18-38-33)48-23-7-10-46-17-23/h6,9,11-16,18-19,21,23H,4-5,7-8,10,17H2,1-3H3,(H,41,44)(H,36,38,40)/b25-12+. The molecule has 0 saturated carbocycles. The zero-order valence-electron chi connectivity index (χ0n) is 26.8. The van der Waals surface area contributed by atoms with E-state index in [2.05, 4.69) is 30.7 Å². The number of benzene rings is 2. The zero-order chi connectivity index (χ0) is 33.2. The topological polar surface area (TPSA) is 137 Å². The Labute approximate surface area is 275 Å². The molecule has 0 radical (unpaired) electrons. The van der Waals surface area contributed by atoms with Gasteiger partial charge in [-0.1, -0.05) is 0 Å². The molecule has 2 aliphatic rings. The number of pyridine rings is 1. The molecule has 2 saturated heterocycles. The third-order valence-electron chi connectivity index (χ3n) is 8.53. The summed E-state index contributed by atoms with van der Waals surface area (Å²) in [5.41, 5.74) is 2.96. The van der Waals surface area contributed by atoms with Crippen molar-refractivity contribution < 1.29 is 28.1 Å². The van der Waals surface area contributed by atoms with Crippen LogP contribution >= 0.6 is 0 Å². The highest BCUT2D eigenvalue weighted by molar-refractivity contribution is 6.05. The molecule has 5 heterocycles.